The van der Waals surface area contributed by atoms with E-state index in [1.165, 1.54) is 0 Å². The third kappa shape index (κ3) is 5.56. The van der Waals surface area contributed by atoms with Crippen LogP contribution in [0.3, 0.4) is 0 Å². The van der Waals surface area contributed by atoms with Gasteiger partial charge in [-0.1, -0.05) is 59.3 Å². The number of carbonyl (C=O) groups is 1. The van der Waals surface area contributed by atoms with Crippen molar-refractivity contribution < 1.29 is 22.7 Å². The summed E-state index contributed by atoms with van der Waals surface area (Å²) in [6.07, 6.45) is -2.20. The van der Waals surface area contributed by atoms with Gasteiger partial charge in [-0.2, -0.15) is 13.2 Å². The van der Waals surface area contributed by atoms with E-state index in [2.05, 4.69) is 15.9 Å². The van der Waals surface area contributed by atoms with Crippen molar-refractivity contribution in [1.29, 1.82) is 0 Å². The average molecular weight is 511 g/mol. The van der Waals surface area contributed by atoms with Crippen LogP contribution in [0.2, 0.25) is 0 Å². The summed E-state index contributed by atoms with van der Waals surface area (Å²) in [4.78, 5) is 13.1. The number of alkyl halides is 4. The molecule has 0 N–H and O–H groups in total. The van der Waals surface area contributed by atoms with Crippen LogP contribution in [0.1, 0.15) is 80.3 Å². The van der Waals surface area contributed by atoms with E-state index in [4.69, 9.17) is 4.74 Å². The molecule has 0 atom stereocenters. The molecule has 0 radical (unpaired) electrons. The molecule has 0 bridgehead atoms. The molecule has 174 valence electrons. The SMILES string of the molecule is CCC(C)(C)OC(=O)c1ccccc1-c1c(CBr)cccc1C1CCC(C(F)(F)F)CC1. The average Bonchev–Trinajstić information content (AvgIpc) is 2.77. The largest absolute Gasteiger partial charge is 0.456 e. The van der Waals surface area contributed by atoms with Crippen molar-refractivity contribution in [2.24, 2.45) is 5.92 Å². The Hall–Kier alpha value is -1.82. The molecular formula is C26H30BrF3O2. The Morgan fingerprint density at radius 1 is 1.03 bits per heavy atom. The van der Waals surface area contributed by atoms with Crippen molar-refractivity contribution in [3.05, 3.63) is 59.2 Å². The summed E-state index contributed by atoms with van der Waals surface area (Å²) in [6.45, 7) is 5.73. The van der Waals surface area contributed by atoms with E-state index in [0.29, 0.717) is 30.2 Å². The van der Waals surface area contributed by atoms with Gasteiger partial charge in [0, 0.05) is 5.33 Å². The van der Waals surface area contributed by atoms with E-state index in [-0.39, 0.29) is 24.7 Å². The Balaban J connectivity index is 2.02. The van der Waals surface area contributed by atoms with Crippen molar-refractivity contribution in [1.82, 2.24) is 0 Å². The highest BCUT2D eigenvalue weighted by Gasteiger charge is 2.42. The maximum Gasteiger partial charge on any atom is 0.391 e. The molecule has 6 heteroatoms. The summed E-state index contributed by atoms with van der Waals surface area (Å²) in [7, 11) is 0. The normalized spacial score (nSPS) is 19.6. The van der Waals surface area contributed by atoms with Gasteiger partial charge in [0.15, 0.2) is 0 Å². The van der Waals surface area contributed by atoms with E-state index in [0.717, 1.165) is 22.3 Å². The second-order valence-corrected chi connectivity index (χ2v) is 9.71. The molecule has 1 aliphatic carbocycles. The first-order valence-electron chi connectivity index (χ1n) is 11.1. The summed E-state index contributed by atoms with van der Waals surface area (Å²) in [5.41, 5.74) is 3.62. The minimum Gasteiger partial charge on any atom is -0.456 e. The van der Waals surface area contributed by atoms with Crippen LogP contribution in [0, 0.1) is 5.92 Å². The maximum absolute atomic E-state index is 13.2. The fraction of sp³-hybridized carbons (Fsp3) is 0.500. The standard InChI is InChI=1S/C26H30BrF3O2/c1-4-25(2,3)32-24(31)22-10-6-5-9-21(22)23-18(16-27)8-7-11-20(23)17-12-14-19(15-13-17)26(28,29)30/h5-11,17,19H,4,12-16H2,1-3H3. The van der Waals surface area contributed by atoms with Crippen LogP contribution in [0.25, 0.3) is 11.1 Å². The van der Waals surface area contributed by atoms with E-state index < -0.39 is 17.7 Å². The molecule has 0 amide bonds. The molecule has 1 aliphatic rings. The number of hydrogen-bond donors (Lipinski definition) is 0. The topological polar surface area (TPSA) is 26.3 Å². The zero-order valence-electron chi connectivity index (χ0n) is 18.8. The van der Waals surface area contributed by atoms with Gasteiger partial charge in [0.25, 0.3) is 0 Å². The molecule has 0 aromatic heterocycles. The van der Waals surface area contributed by atoms with Crippen LogP contribution in [0.5, 0.6) is 0 Å². The van der Waals surface area contributed by atoms with Gasteiger partial charge >= 0.3 is 12.1 Å². The van der Waals surface area contributed by atoms with Crippen LogP contribution in [0.15, 0.2) is 42.5 Å². The highest BCUT2D eigenvalue weighted by molar-refractivity contribution is 9.08. The summed E-state index contributed by atoms with van der Waals surface area (Å²) < 4.78 is 45.3. The summed E-state index contributed by atoms with van der Waals surface area (Å²) in [5, 5.41) is 0.581. The molecule has 32 heavy (non-hydrogen) atoms. The van der Waals surface area contributed by atoms with Gasteiger partial charge in [0.2, 0.25) is 0 Å². The lowest BCUT2D eigenvalue weighted by Gasteiger charge is -2.32. The molecule has 2 aromatic rings. The Bertz CT molecular complexity index is 944. The highest BCUT2D eigenvalue weighted by atomic mass is 79.9. The number of carbonyl (C=O) groups excluding carboxylic acids is 1. The number of ether oxygens (including phenoxy) is 1. The van der Waals surface area contributed by atoms with Crippen LogP contribution in [-0.4, -0.2) is 17.7 Å². The molecule has 1 fully saturated rings. The lowest BCUT2D eigenvalue weighted by Crippen LogP contribution is -2.28. The molecule has 0 heterocycles. The quantitative estimate of drug-likeness (QED) is 0.287. The third-order valence-corrected chi connectivity index (χ3v) is 7.20. The molecule has 1 saturated carbocycles. The molecule has 2 aromatic carbocycles. The predicted molar refractivity (Wildman–Crippen MR) is 125 cm³/mol. The van der Waals surface area contributed by atoms with Gasteiger partial charge in [-0.05, 0) is 80.2 Å². The summed E-state index contributed by atoms with van der Waals surface area (Å²) in [6, 6.07) is 13.3. The molecule has 0 saturated heterocycles. The Morgan fingerprint density at radius 3 is 2.28 bits per heavy atom. The number of hydrogen-bond acceptors (Lipinski definition) is 2. The third-order valence-electron chi connectivity index (χ3n) is 6.59. The fourth-order valence-electron chi connectivity index (χ4n) is 4.39. The van der Waals surface area contributed by atoms with Crippen LogP contribution in [0.4, 0.5) is 13.2 Å². The number of esters is 1. The maximum atomic E-state index is 13.2. The number of rotatable bonds is 6. The summed E-state index contributed by atoms with van der Waals surface area (Å²) >= 11 is 3.56. The van der Waals surface area contributed by atoms with E-state index in [1.54, 1.807) is 6.07 Å². The lowest BCUT2D eigenvalue weighted by molar-refractivity contribution is -0.182. The fourth-order valence-corrected chi connectivity index (χ4v) is 4.86. The first-order chi connectivity index (χ1) is 15.1. The Morgan fingerprint density at radius 2 is 1.69 bits per heavy atom. The smallest absolute Gasteiger partial charge is 0.391 e. The zero-order valence-corrected chi connectivity index (χ0v) is 20.4. The molecule has 0 aliphatic heterocycles. The van der Waals surface area contributed by atoms with Crippen LogP contribution >= 0.6 is 15.9 Å². The molecule has 3 rings (SSSR count). The highest BCUT2D eigenvalue weighted by Crippen LogP contribution is 2.46. The monoisotopic (exact) mass is 510 g/mol. The lowest BCUT2D eigenvalue weighted by atomic mass is 9.75. The zero-order chi connectivity index (χ0) is 23.5. The van der Waals surface area contributed by atoms with Crippen LogP contribution < -0.4 is 0 Å². The van der Waals surface area contributed by atoms with Gasteiger partial charge in [-0.3, -0.25) is 0 Å². The second-order valence-electron chi connectivity index (χ2n) is 9.15. The molecule has 0 unspecified atom stereocenters. The molecule has 0 spiro atoms. The predicted octanol–water partition coefficient (Wildman–Crippen LogP) is 8.43. The number of benzene rings is 2. The van der Waals surface area contributed by atoms with Crippen LogP contribution in [-0.2, 0) is 10.1 Å². The molecular weight excluding hydrogens is 481 g/mol. The molecule has 2 nitrogen and oxygen atoms in total. The van der Waals surface area contributed by atoms with Crippen molar-refractivity contribution in [3.63, 3.8) is 0 Å². The van der Waals surface area contributed by atoms with E-state index in [9.17, 15) is 18.0 Å². The van der Waals surface area contributed by atoms with Gasteiger partial charge in [0.05, 0.1) is 11.5 Å². The Labute approximate surface area is 196 Å². The second kappa shape index (κ2) is 9.98. The Kier molecular flexibility index (Phi) is 7.74. The number of halogens is 4. The van der Waals surface area contributed by atoms with Crippen molar-refractivity contribution in [2.45, 2.75) is 75.9 Å². The first kappa shape index (κ1) is 24.8. The van der Waals surface area contributed by atoms with Crippen molar-refractivity contribution >= 4 is 21.9 Å². The van der Waals surface area contributed by atoms with E-state index in [1.807, 2.05) is 57.2 Å². The first-order valence-corrected chi connectivity index (χ1v) is 12.3. The van der Waals surface area contributed by atoms with Crippen molar-refractivity contribution in [3.8, 4) is 11.1 Å². The van der Waals surface area contributed by atoms with Gasteiger partial charge < -0.3 is 4.74 Å². The van der Waals surface area contributed by atoms with Gasteiger partial charge in [-0.15, -0.1) is 0 Å². The van der Waals surface area contributed by atoms with Gasteiger partial charge in [-0.25, -0.2) is 4.79 Å². The van der Waals surface area contributed by atoms with E-state index >= 15 is 0 Å². The van der Waals surface area contributed by atoms with Crippen molar-refractivity contribution in [2.75, 3.05) is 0 Å². The minimum absolute atomic E-state index is 0.0266. The summed E-state index contributed by atoms with van der Waals surface area (Å²) in [5.74, 6) is -1.58. The minimum atomic E-state index is -4.13. The van der Waals surface area contributed by atoms with Gasteiger partial charge in [0.1, 0.15) is 5.60 Å².